The van der Waals surface area contributed by atoms with Crippen molar-refractivity contribution in [3.8, 4) is 0 Å². The maximum absolute atomic E-state index is 12.1. The van der Waals surface area contributed by atoms with Crippen LogP contribution in [0.3, 0.4) is 0 Å². The van der Waals surface area contributed by atoms with Crippen molar-refractivity contribution in [1.82, 2.24) is 5.01 Å². The Morgan fingerprint density at radius 2 is 1.89 bits per heavy atom. The van der Waals surface area contributed by atoms with Gasteiger partial charge in [0.2, 0.25) is 0 Å². The van der Waals surface area contributed by atoms with E-state index in [1.54, 1.807) is 5.01 Å². The predicted octanol–water partition coefficient (Wildman–Crippen LogP) is 4.43. The molecule has 140 valence electrons. The van der Waals surface area contributed by atoms with Crippen LogP contribution in [0.5, 0.6) is 0 Å². The number of hydrogen-bond acceptors (Lipinski definition) is 4. The summed E-state index contributed by atoms with van der Waals surface area (Å²) in [5.41, 5.74) is 4.92. The fourth-order valence-corrected chi connectivity index (χ4v) is 3.25. The van der Waals surface area contributed by atoms with Gasteiger partial charge in [-0.1, -0.05) is 55.5 Å². The van der Waals surface area contributed by atoms with Gasteiger partial charge in [-0.2, -0.15) is 5.10 Å². The topological polar surface area (TPSA) is 62.1 Å². The highest BCUT2D eigenvalue weighted by Gasteiger charge is 2.32. The second-order valence-corrected chi connectivity index (χ2v) is 6.66. The molecule has 2 aromatic carbocycles. The van der Waals surface area contributed by atoms with E-state index in [1.807, 2.05) is 56.3 Å². The molecule has 0 saturated heterocycles. The third kappa shape index (κ3) is 4.03. The van der Waals surface area contributed by atoms with Crippen LogP contribution in [-0.4, -0.2) is 21.8 Å². The summed E-state index contributed by atoms with van der Waals surface area (Å²) in [6, 6.07) is 15.7. The Bertz CT molecular complexity index is 897. The van der Waals surface area contributed by atoms with Gasteiger partial charge in [-0.15, -0.1) is 0 Å². The van der Waals surface area contributed by atoms with Gasteiger partial charge in [0.15, 0.2) is 11.5 Å². The van der Waals surface area contributed by atoms with Crippen molar-refractivity contribution in [3.05, 3.63) is 76.5 Å². The van der Waals surface area contributed by atoms with Gasteiger partial charge in [0, 0.05) is 11.3 Å². The van der Waals surface area contributed by atoms with Gasteiger partial charge in [0.05, 0.1) is 6.54 Å². The first kappa shape index (κ1) is 18.7. The molecule has 5 nitrogen and oxygen atoms in total. The number of ether oxygens (including phenoxy) is 1. The van der Waals surface area contributed by atoms with Crippen LogP contribution in [0.25, 0.3) is 5.76 Å². The lowest BCUT2D eigenvalue weighted by Gasteiger charge is -2.31. The summed E-state index contributed by atoms with van der Waals surface area (Å²) >= 11 is 0. The minimum atomic E-state index is -1.05. The molecule has 1 N–H and O–H groups in total. The van der Waals surface area contributed by atoms with Crippen LogP contribution in [-0.2, 0) is 29.1 Å². The van der Waals surface area contributed by atoms with Crippen LogP contribution in [0, 0.1) is 0 Å². The van der Waals surface area contributed by atoms with Gasteiger partial charge in [-0.05, 0) is 37.0 Å². The maximum atomic E-state index is 12.1. The van der Waals surface area contributed by atoms with Crippen LogP contribution in [0.4, 0.5) is 0 Å². The summed E-state index contributed by atoms with van der Waals surface area (Å²) in [5, 5.41) is 15.9. The average molecular weight is 364 g/mol. The molecule has 0 aliphatic carbocycles. The molecule has 2 aromatic rings. The second-order valence-electron chi connectivity index (χ2n) is 6.66. The van der Waals surface area contributed by atoms with Crippen molar-refractivity contribution in [2.75, 3.05) is 0 Å². The quantitative estimate of drug-likeness (QED) is 0.770. The molecule has 0 unspecified atom stereocenters. The van der Waals surface area contributed by atoms with Crippen molar-refractivity contribution in [1.29, 1.82) is 0 Å². The fourth-order valence-electron chi connectivity index (χ4n) is 3.25. The number of benzene rings is 2. The molecule has 0 spiro atoms. The zero-order chi connectivity index (χ0) is 19.4. The van der Waals surface area contributed by atoms with E-state index in [2.05, 4.69) is 18.1 Å². The lowest BCUT2D eigenvalue weighted by Crippen LogP contribution is -2.30. The number of carboxylic acid groups (broad SMARTS) is 1. The normalized spacial score (nSPS) is 13.2. The molecular weight excluding hydrogens is 340 g/mol. The van der Waals surface area contributed by atoms with E-state index in [0.717, 1.165) is 28.8 Å². The summed E-state index contributed by atoms with van der Waals surface area (Å²) in [4.78, 5) is 12.1. The highest BCUT2D eigenvalue weighted by molar-refractivity contribution is 5.96. The highest BCUT2D eigenvalue weighted by Crippen LogP contribution is 2.35. The third-order valence-corrected chi connectivity index (χ3v) is 4.43. The Hall–Kier alpha value is -3.08. The Morgan fingerprint density at radius 1 is 1.15 bits per heavy atom. The number of aryl methyl sites for hydroxylation is 1. The van der Waals surface area contributed by atoms with Crippen molar-refractivity contribution in [3.63, 3.8) is 0 Å². The highest BCUT2D eigenvalue weighted by atomic mass is 16.5. The van der Waals surface area contributed by atoms with Gasteiger partial charge in [0.25, 0.3) is 0 Å². The van der Waals surface area contributed by atoms with E-state index in [9.17, 15) is 9.90 Å². The van der Waals surface area contributed by atoms with E-state index in [1.165, 1.54) is 5.56 Å². The van der Waals surface area contributed by atoms with E-state index in [-0.39, 0.29) is 5.70 Å². The largest absolute Gasteiger partial charge is 0.486 e. The van der Waals surface area contributed by atoms with Gasteiger partial charge in [-0.3, -0.25) is 5.01 Å². The molecule has 1 aliphatic rings. The summed E-state index contributed by atoms with van der Waals surface area (Å²) in [7, 11) is 0. The number of carboxylic acids is 1. The number of hydrazone groups is 1. The molecule has 0 amide bonds. The minimum Gasteiger partial charge on any atom is -0.486 e. The lowest BCUT2D eigenvalue weighted by atomic mass is 9.94. The Labute approximate surface area is 159 Å². The molecule has 0 aromatic heterocycles. The third-order valence-electron chi connectivity index (χ3n) is 4.43. The van der Waals surface area contributed by atoms with Crippen LogP contribution >= 0.6 is 0 Å². The van der Waals surface area contributed by atoms with E-state index in [0.29, 0.717) is 18.9 Å². The summed E-state index contributed by atoms with van der Waals surface area (Å²) in [5.74, 6) is -0.677. The molecular formula is C22H24N2O3. The number of hydrogen-bond donors (Lipinski definition) is 1. The zero-order valence-electron chi connectivity index (χ0n) is 15.9. The van der Waals surface area contributed by atoms with Gasteiger partial charge in [-0.25, -0.2) is 4.79 Å². The molecule has 0 saturated carbocycles. The van der Waals surface area contributed by atoms with Crippen molar-refractivity contribution < 1.29 is 14.6 Å². The summed E-state index contributed by atoms with van der Waals surface area (Å²) in [6.45, 7) is 6.52. The van der Waals surface area contributed by atoms with Crippen molar-refractivity contribution >= 4 is 17.4 Å². The predicted molar refractivity (Wildman–Crippen MR) is 106 cm³/mol. The van der Waals surface area contributed by atoms with Crippen LogP contribution in [0.15, 0.2) is 59.3 Å². The summed E-state index contributed by atoms with van der Waals surface area (Å²) in [6.07, 6.45) is 0.861. The van der Waals surface area contributed by atoms with E-state index in [4.69, 9.17) is 4.74 Å². The smallest absolute Gasteiger partial charge is 0.358 e. The van der Waals surface area contributed by atoms with Crippen LogP contribution in [0.1, 0.15) is 43.0 Å². The van der Waals surface area contributed by atoms with Gasteiger partial charge >= 0.3 is 5.97 Å². The SMILES string of the molecule is CCc1cccc2c1CN(N=C(C)C)C(C(=O)O)=C2OCc1ccccc1. The van der Waals surface area contributed by atoms with Gasteiger partial charge in [0.1, 0.15) is 6.61 Å². The number of fused-ring (bicyclic) bond motifs is 1. The minimum absolute atomic E-state index is 0.0767. The lowest BCUT2D eigenvalue weighted by molar-refractivity contribution is -0.134. The molecule has 1 aliphatic heterocycles. The van der Waals surface area contributed by atoms with Gasteiger partial charge < -0.3 is 9.84 Å². The van der Waals surface area contributed by atoms with E-state index >= 15 is 0 Å². The van der Waals surface area contributed by atoms with Crippen molar-refractivity contribution in [2.24, 2.45) is 5.10 Å². The number of aliphatic carboxylic acids is 1. The van der Waals surface area contributed by atoms with Crippen LogP contribution in [0.2, 0.25) is 0 Å². The Morgan fingerprint density at radius 3 is 2.52 bits per heavy atom. The van der Waals surface area contributed by atoms with E-state index < -0.39 is 5.97 Å². The molecule has 0 fully saturated rings. The van der Waals surface area contributed by atoms with Crippen molar-refractivity contribution in [2.45, 2.75) is 40.3 Å². The second kappa shape index (κ2) is 8.08. The molecule has 5 heteroatoms. The monoisotopic (exact) mass is 364 g/mol. The molecule has 1 heterocycles. The molecule has 0 radical (unpaired) electrons. The fraction of sp³-hybridized carbons (Fsp3) is 0.273. The number of carbonyl (C=O) groups is 1. The molecule has 3 rings (SSSR count). The van der Waals surface area contributed by atoms with Crippen LogP contribution < -0.4 is 0 Å². The first-order chi connectivity index (χ1) is 13.0. The first-order valence-electron chi connectivity index (χ1n) is 9.06. The molecule has 0 bridgehead atoms. The number of nitrogens with zero attached hydrogens (tertiary/aromatic N) is 2. The maximum Gasteiger partial charge on any atom is 0.358 e. The number of rotatable bonds is 6. The Balaban J connectivity index is 2.12. The Kier molecular flexibility index (Phi) is 5.60. The standard InChI is InChI=1S/C22H24N2O3/c1-4-17-11-8-12-18-19(17)13-24(23-15(2)3)20(22(25)26)21(18)27-14-16-9-6-5-7-10-16/h5-12H,4,13-14H2,1-3H3,(H,25,26). The molecule has 27 heavy (non-hydrogen) atoms. The molecule has 0 atom stereocenters. The zero-order valence-corrected chi connectivity index (χ0v) is 15.9. The average Bonchev–Trinajstić information content (AvgIpc) is 2.65. The summed E-state index contributed by atoms with van der Waals surface area (Å²) < 4.78 is 6.07. The first-order valence-corrected chi connectivity index (χ1v) is 9.06.